The number of hydrogen-bond acceptors (Lipinski definition) is 5. The average Bonchev–Trinajstić information content (AvgIpc) is 3.08. The first-order valence-corrected chi connectivity index (χ1v) is 7.46. The first-order valence-electron chi connectivity index (χ1n) is 7.46. The van der Waals surface area contributed by atoms with E-state index >= 15 is 0 Å². The minimum atomic E-state index is -0.368. The Bertz CT molecular complexity index is 820. The number of carbonyl (C=O) groups is 1. The van der Waals surface area contributed by atoms with Crippen LogP contribution in [0.2, 0.25) is 0 Å². The number of carbonyl (C=O) groups excluding carboxylic acids is 1. The number of nitrogens with one attached hydrogen (secondary N) is 1. The molecular weight excluding hydrogens is 311 g/mol. The number of aryl methyl sites for hydroxylation is 1. The standard InChI is InChI=1S/C17H15FN4O2/c18-13-5-3-4-12(10-13)17-21-16(24-22-17)8-7-15(23)20-11-14-6-1-2-9-19-14/h1-6,9-10H,7-8,11H2,(H,20,23). The van der Waals surface area contributed by atoms with Crippen molar-refractivity contribution in [3.63, 3.8) is 0 Å². The predicted octanol–water partition coefficient (Wildman–Crippen LogP) is 2.52. The average molecular weight is 326 g/mol. The van der Waals surface area contributed by atoms with Gasteiger partial charge in [0.1, 0.15) is 5.82 Å². The van der Waals surface area contributed by atoms with Crippen molar-refractivity contribution in [1.29, 1.82) is 0 Å². The maximum Gasteiger partial charge on any atom is 0.227 e. The van der Waals surface area contributed by atoms with Crippen LogP contribution in [0.5, 0.6) is 0 Å². The number of benzene rings is 1. The predicted molar refractivity (Wildman–Crippen MR) is 84.1 cm³/mol. The van der Waals surface area contributed by atoms with E-state index in [0.717, 1.165) is 5.69 Å². The lowest BCUT2D eigenvalue weighted by Crippen LogP contribution is -2.23. The highest BCUT2D eigenvalue weighted by atomic mass is 19.1. The Morgan fingerprint density at radius 3 is 2.92 bits per heavy atom. The van der Waals surface area contributed by atoms with E-state index in [1.54, 1.807) is 18.3 Å². The summed E-state index contributed by atoms with van der Waals surface area (Å²) in [5, 5.41) is 6.58. The minimum Gasteiger partial charge on any atom is -0.350 e. The van der Waals surface area contributed by atoms with E-state index in [1.165, 1.54) is 12.1 Å². The van der Waals surface area contributed by atoms with Gasteiger partial charge < -0.3 is 9.84 Å². The molecule has 6 nitrogen and oxygen atoms in total. The number of aromatic nitrogens is 3. The van der Waals surface area contributed by atoms with Crippen LogP contribution in [0, 0.1) is 5.82 Å². The third kappa shape index (κ3) is 4.22. The molecule has 0 saturated carbocycles. The number of pyridine rings is 1. The highest BCUT2D eigenvalue weighted by molar-refractivity contribution is 5.75. The van der Waals surface area contributed by atoms with Gasteiger partial charge in [0.2, 0.25) is 17.6 Å². The van der Waals surface area contributed by atoms with Crippen molar-refractivity contribution < 1.29 is 13.7 Å². The second-order valence-corrected chi connectivity index (χ2v) is 5.12. The molecule has 0 saturated heterocycles. The van der Waals surface area contributed by atoms with Gasteiger partial charge >= 0.3 is 0 Å². The van der Waals surface area contributed by atoms with Gasteiger partial charge in [-0.3, -0.25) is 9.78 Å². The summed E-state index contributed by atoms with van der Waals surface area (Å²) in [6, 6.07) is 11.5. The van der Waals surface area contributed by atoms with Crippen LogP contribution < -0.4 is 5.32 Å². The van der Waals surface area contributed by atoms with Crippen molar-refractivity contribution in [1.82, 2.24) is 20.4 Å². The third-order valence-corrected chi connectivity index (χ3v) is 3.31. The Hall–Kier alpha value is -3.09. The summed E-state index contributed by atoms with van der Waals surface area (Å²) in [5.74, 6) is 0.138. The molecule has 2 aromatic heterocycles. The van der Waals surface area contributed by atoms with Gasteiger partial charge in [-0.25, -0.2) is 4.39 Å². The Balaban J connectivity index is 1.51. The Morgan fingerprint density at radius 1 is 1.21 bits per heavy atom. The quantitative estimate of drug-likeness (QED) is 0.753. The van der Waals surface area contributed by atoms with Crippen LogP contribution in [-0.2, 0) is 17.8 Å². The van der Waals surface area contributed by atoms with Crippen LogP contribution in [-0.4, -0.2) is 21.0 Å². The molecule has 0 fully saturated rings. The molecule has 3 rings (SSSR count). The minimum absolute atomic E-state index is 0.133. The summed E-state index contributed by atoms with van der Waals surface area (Å²) in [4.78, 5) is 20.1. The van der Waals surface area contributed by atoms with Crippen LogP contribution in [0.25, 0.3) is 11.4 Å². The fourth-order valence-electron chi connectivity index (χ4n) is 2.10. The van der Waals surface area contributed by atoms with Gasteiger partial charge in [-0.1, -0.05) is 23.4 Å². The number of rotatable bonds is 6. The molecule has 1 N–H and O–H groups in total. The summed E-state index contributed by atoms with van der Waals surface area (Å²) < 4.78 is 18.3. The second kappa shape index (κ2) is 7.45. The van der Waals surface area contributed by atoms with Gasteiger partial charge in [0, 0.05) is 24.6 Å². The van der Waals surface area contributed by atoms with Crippen LogP contribution >= 0.6 is 0 Å². The van der Waals surface area contributed by atoms with E-state index < -0.39 is 0 Å². The van der Waals surface area contributed by atoms with Crippen LogP contribution in [0.15, 0.2) is 53.2 Å². The Labute approximate surface area is 137 Å². The maximum atomic E-state index is 13.2. The molecule has 0 radical (unpaired) electrons. The van der Waals surface area contributed by atoms with Crippen molar-refractivity contribution >= 4 is 5.91 Å². The molecule has 122 valence electrons. The first kappa shape index (κ1) is 15.8. The molecule has 0 aliphatic carbocycles. The molecule has 24 heavy (non-hydrogen) atoms. The van der Waals surface area contributed by atoms with Crippen molar-refractivity contribution in [2.45, 2.75) is 19.4 Å². The second-order valence-electron chi connectivity index (χ2n) is 5.12. The fourth-order valence-corrected chi connectivity index (χ4v) is 2.10. The van der Waals surface area contributed by atoms with Gasteiger partial charge in [-0.15, -0.1) is 0 Å². The summed E-state index contributed by atoms with van der Waals surface area (Å²) in [6.07, 6.45) is 2.21. The zero-order valence-electron chi connectivity index (χ0n) is 12.8. The van der Waals surface area contributed by atoms with Gasteiger partial charge in [0.25, 0.3) is 0 Å². The SMILES string of the molecule is O=C(CCc1nc(-c2cccc(F)c2)no1)NCc1ccccn1. The van der Waals surface area contributed by atoms with Crippen molar-refractivity contribution in [3.8, 4) is 11.4 Å². The van der Waals surface area contributed by atoms with E-state index in [-0.39, 0.29) is 18.1 Å². The van der Waals surface area contributed by atoms with E-state index in [4.69, 9.17) is 4.52 Å². The van der Waals surface area contributed by atoms with Crippen molar-refractivity contribution in [2.75, 3.05) is 0 Å². The molecule has 0 aliphatic rings. The van der Waals surface area contributed by atoms with Gasteiger partial charge in [0.15, 0.2) is 0 Å². The van der Waals surface area contributed by atoms with Crippen molar-refractivity contribution in [2.24, 2.45) is 0 Å². The zero-order chi connectivity index (χ0) is 16.8. The first-order chi connectivity index (χ1) is 11.7. The number of amides is 1. The molecule has 7 heteroatoms. The lowest BCUT2D eigenvalue weighted by molar-refractivity contribution is -0.121. The lowest BCUT2D eigenvalue weighted by Gasteiger charge is -2.03. The molecule has 2 heterocycles. The zero-order valence-corrected chi connectivity index (χ0v) is 12.8. The van der Waals surface area contributed by atoms with Gasteiger partial charge in [-0.2, -0.15) is 4.98 Å². The fraction of sp³-hybridized carbons (Fsp3) is 0.176. The summed E-state index contributed by atoms with van der Waals surface area (Å²) >= 11 is 0. The van der Waals surface area contributed by atoms with Crippen LogP contribution in [0.3, 0.4) is 0 Å². The molecule has 0 aliphatic heterocycles. The largest absolute Gasteiger partial charge is 0.350 e. The van der Waals surface area contributed by atoms with Crippen LogP contribution in [0.1, 0.15) is 18.0 Å². The molecule has 0 bridgehead atoms. The molecule has 0 spiro atoms. The molecule has 0 unspecified atom stereocenters. The third-order valence-electron chi connectivity index (χ3n) is 3.31. The van der Waals surface area contributed by atoms with E-state index in [9.17, 15) is 9.18 Å². The highest BCUT2D eigenvalue weighted by Gasteiger charge is 2.11. The van der Waals surface area contributed by atoms with E-state index in [2.05, 4.69) is 20.4 Å². The lowest BCUT2D eigenvalue weighted by atomic mass is 10.2. The molecule has 0 atom stereocenters. The van der Waals surface area contributed by atoms with Crippen molar-refractivity contribution in [3.05, 3.63) is 66.1 Å². The van der Waals surface area contributed by atoms with Crippen LogP contribution in [0.4, 0.5) is 4.39 Å². The summed E-state index contributed by atoms with van der Waals surface area (Å²) in [6.45, 7) is 0.373. The number of hydrogen-bond donors (Lipinski definition) is 1. The van der Waals surface area contributed by atoms with E-state index in [1.807, 2.05) is 18.2 Å². The monoisotopic (exact) mass is 326 g/mol. The highest BCUT2D eigenvalue weighted by Crippen LogP contribution is 2.17. The molecular formula is C17H15FN4O2. The van der Waals surface area contributed by atoms with E-state index in [0.29, 0.717) is 30.2 Å². The summed E-state index contributed by atoms with van der Waals surface area (Å²) in [5.41, 5.74) is 1.32. The molecule has 1 aromatic carbocycles. The maximum absolute atomic E-state index is 13.2. The smallest absolute Gasteiger partial charge is 0.227 e. The molecule has 3 aromatic rings. The Morgan fingerprint density at radius 2 is 2.12 bits per heavy atom. The topological polar surface area (TPSA) is 80.9 Å². The molecule has 1 amide bonds. The Kier molecular flexibility index (Phi) is 4.90. The number of halogens is 1. The normalized spacial score (nSPS) is 10.5. The summed E-state index contributed by atoms with van der Waals surface area (Å²) in [7, 11) is 0. The van der Waals surface area contributed by atoms with Gasteiger partial charge in [0.05, 0.1) is 12.2 Å². The number of nitrogens with zero attached hydrogens (tertiary/aromatic N) is 3. The van der Waals surface area contributed by atoms with Gasteiger partial charge in [-0.05, 0) is 24.3 Å².